The molecule has 2 aliphatic rings. The van der Waals surface area contributed by atoms with Crippen LogP contribution in [0.25, 0.3) is 0 Å². The molecule has 0 amide bonds. The second-order valence-corrected chi connectivity index (χ2v) is 10.8. The Bertz CT molecular complexity index is 932. The summed E-state index contributed by atoms with van der Waals surface area (Å²) in [4.78, 5) is 2.12. The molecule has 1 aromatic heterocycles. The van der Waals surface area contributed by atoms with Gasteiger partial charge in [0.05, 0.1) is 5.25 Å². The first-order valence-corrected chi connectivity index (χ1v) is 12.3. The number of benzene rings is 1. The molecule has 1 aliphatic heterocycles. The van der Waals surface area contributed by atoms with Gasteiger partial charge in [-0.25, -0.2) is 8.42 Å². The maximum atomic E-state index is 12.0. The minimum atomic E-state index is -3.03. The van der Waals surface area contributed by atoms with Gasteiger partial charge in [-0.15, -0.1) is 10.2 Å². The number of aryl methyl sites for hydroxylation is 1. The van der Waals surface area contributed by atoms with Crippen LogP contribution in [0.15, 0.2) is 24.3 Å². The minimum Gasteiger partial charge on any atom is -0.340 e. The van der Waals surface area contributed by atoms with Crippen molar-refractivity contribution in [3.63, 3.8) is 0 Å². The van der Waals surface area contributed by atoms with Gasteiger partial charge in [-0.1, -0.05) is 37.1 Å². The fourth-order valence-electron chi connectivity index (χ4n) is 4.57. The highest BCUT2D eigenvalue weighted by atomic mass is 32.2. The minimum absolute atomic E-state index is 0.302. The summed E-state index contributed by atoms with van der Waals surface area (Å²) in [5, 5.41) is 8.77. The predicted octanol–water partition coefficient (Wildman–Crippen LogP) is 2.99. The van der Waals surface area contributed by atoms with Crippen LogP contribution in [0.2, 0.25) is 0 Å². The molecule has 2 fully saturated rings. The average molecular weight is 403 g/mol. The van der Waals surface area contributed by atoms with Crippen LogP contribution in [0.4, 0.5) is 5.95 Å². The van der Waals surface area contributed by atoms with Crippen molar-refractivity contribution in [1.29, 1.82) is 0 Å². The van der Waals surface area contributed by atoms with E-state index in [1.54, 1.807) is 0 Å². The van der Waals surface area contributed by atoms with Gasteiger partial charge in [0, 0.05) is 32.3 Å². The van der Waals surface area contributed by atoms with Gasteiger partial charge in [0.25, 0.3) is 0 Å². The first kappa shape index (κ1) is 19.4. The monoisotopic (exact) mass is 402 g/mol. The number of anilines is 1. The molecule has 1 saturated carbocycles. The third-order valence-electron chi connectivity index (χ3n) is 6.37. The second kappa shape index (κ2) is 7.85. The molecule has 2 heterocycles. The van der Waals surface area contributed by atoms with E-state index in [0.717, 1.165) is 31.3 Å². The van der Waals surface area contributed by atoms with Crippen molar-refractivity contribution in [2.24, 2.45) is 5.92 Å². The van der Waals surface area contributed by atoms with Crippen LogP contribution in [-0.4, -0.2) is 47.8 Å². The summed E-state index contributed by atoms with van der Waals surface area (Å²) in [5.41, 5.74) is 2.53. The fraction of sp³-hybridized carbons (Fsp3) is 0.619. The van der Waals surface area contributed by atoms with Gasteiger partial charge in [0.1, 0.15) is 5.82 Å². The van der Waals surface area contributed by atoms with Crippen LogP contribution in [0, 0.1) is 12.8 Å². The van der Waals surface area contributed by atoms with Crippen LogP contribution in [-0.2, 0) is 22.8 Å². The topological polar surface area (TPSA) is 68.1 Å². The van der Waals surface area contributed by atoms with Gasteiger partial charge in [-0.3, -0.25) is 4.57 Å². The standard InChI is InChI=1S/C21H30N4O2S/c1-16-7-3-6-10-18(16)13-20-22-23-21(25(20)14-17-8-4-5-9-17)24-12-11-19(15-24)28(2,26)27/h3,6-7,10,17,19H,4-5,8-9,11-15H2,1-2H3. The zero-order valence-corrected chi connectivity index (χ0v) is 17.7. The van der Waals surface area contributed by atoms with Crippen LogP contribution in [0.5, 0.6) is 0 Å². The summed E-state index contributed by atoms with van der Waals surface area (Å²) in [6, 6.07) is 8.41. The summed E-state index contributed by atoms with van der Waals surface area (Å²) in [5.74, 6) is 2.50. The van der Waals surface area contributed by atoms with E-state index in [4.69, 9.17) is 0 Å². The van der Waals surface area contributed by atoms with Crippen molar-refractivity contribution >= 4 is 15.8 Å². The number of rotatable bonds is 6. The molecule has 1 saturated heterocycles. The lowest BCUT2D eigenvalue weighted by Gasteiger charge is -2.21. The smallest absolute Gasteiger partial charge is 0.227 e. The van der Waals surface area contributed by atoms with Gasteiger partial charge in [-0.05, 0) is 43.2 Å². The van der Waals surface area contributed by atoms with Crippen molar-refractivity contribution in [2.75, 3.05) is 24.2 Å². The van der Waals surface area contributed by atoms with E-state index < -0.39 is 9.84 Å². The highest BCUT2D eigenvalue weighted by Crippen LogP contribution is 2.30. The van der Waals surface area contributed by atoms with E-state index in [1.165, 1.54) is 43.1 Å². The number of hydrogen-bond acceptors (Lipinski definition) is 5. The lowest BCUT2D eigenvalue weighted by molar-refractivity contribution is 0.448. The highest BCUT2D eigenvalue weighted by molar-refractivity contribution is 7.91. The molecule has 2 aromatic rings. The molecule has 0 radical (unpaired) electrons. The summed E-state index contributed by atoms with van der Waals surface area (Å²) >= 11 is 0. The zero-order valence-electron chi connectivity index (χ0n) is 16.8. The first-order valence-electron chi connectivity index (χ1n) is 10.3. The van der Waals surface area contributed by atoms with Crippen LogP contribution in [0.3, 0.4) is 0 Å². The number of aromatic nitrogens is 3. The predicted molar refractivity (Wildman–Crippen MR) is 111 cm³/mol. The Kier molecular flexibility index (Phi) is 5.45. The molecule has 4 rings (SSSR count). The summed E-state index contributed by atoms with van der Waals surface area (Å²) in [6.07, 6.45) is 7.89. The fourth-order valence-corrected chi connectivity index (χ4v) is 5.55. The van der Waals surface area contributed by atoms with E-state index in [9.17, 15) is 8.42 Å². The Morgan fingerprint density at radius 2 is 1.86 bits per heavy atom. The largest absolute Gasteiger partial charge is 0.340 e. The van der Waals surface area contributed by atoms with Crippen LogP contribution in [0.1, 0.15) is 49.1 Å². The van der Waals surface area contributed by atoms with Gasteiger partial charge in [0.15, 0.2) is 9.84 Å². The number of nitrogens with zero attached hydrogens (tertiary/aromatic N) is 4. The summed E-state index contributed by atoms with van der Waals surface area (Å²) < 4.78 is 26.2. The number of sulfone groups is 1. The molecule has 1 aliphatic carbocycles. The molecule has 6 nitrogen and oxygen atoms in total. The van der Waals surface area contributed by atoms with Crippen LogP contribution >= 0.6 is 0 Å². The Hall–Kier alpha value is -1.89. The molecule has 1 aromatic carbocycles. The maximum Gasteiger partial charge on any atom is 0.227 e. The molecule has 152 valence electrons. The van der Waals surface area contributed by atoms with Gasteiger partial charge >= 0.3 is 0 Å². The molecule has 28 heavy (non-hydrogen) atoms. The molecule has 0 spiro atoms. The quantitative estimate of drug-likeness (QED) is 0.743. The molecular weight excluding hydrogens is 372 g/mol. The van der Waals surface area contributed by atoms with Gasteiger partial charge < -0.3 is 4.90 Å². The Labute approximate surface area is 167 Å². The Morgan fingerprint density at radius 3 is 2.54 bits per heavy atom. The SMILES string of the molecule is Cc1ccccc1Cc1nnc(N2CCC(S(C)(=O)=O)C2)n1CC1CCCC1. The van der Waals surface area contributed by atoms with Gasteiger partial charge in [0.2, 0.25) is 5.95 Å². The Balaban J connectivity index is 1.62. The second-order valence-electron chi connectivity index (χ2n) is 8.47. The molecule has 0 N–H and O–H groups in total. The summed E-state index contributed by atoms with van der Waals surface area (Å²) in [7, 11) is -3.03. The van der Waals surface area contributed by atoms with E-state index >= 15 is 0 Å². The number of hydrogen-bond donors (Lipinski definition) is 0. The lowest BCUT2D eigenvalue weighted by Crippen LogP contribution is -2.29. The summed E-state index contributed by atoms with van der Waals surface area (Å²) in [6.45, 7) is 4.31. The van der Waals surface area contributed by atoms with Crippen LogP contribution < -0.4 is 4.90 Å². The van der Waals surface area contributed by atoms with E-state index in [2.05, 4.69) is 50.9 Å². The third-order valence-corrected chi connectivity index (χ3v) is 7.96. The normalized spacial score (nSPS) is 20.9. The zero-order chi connectivity index (χ0) is 19.7. The average Bonchev–Trinajstić information content (AvgIpc) is 3.38. The van der Waals surface area contributed by atoms with Crippen molar-refractivity contribution in [3.05, 3.63) is 41.2 Å². The molecule has 1 unspecified atom stereocenters. The molecule has 1 atom stereocenters. The first-order chi connectivity index (χ1) is 13.4. The van der Waals surface area contributed by atoms with Crippen molar-refractivity contribution in [1.82, 2.24) is 14.8 Å². The lowest BCUT2D eigenvalue weighted by atomic mass is 10.1. The van der Waals surface area contributed by atoms with E-state index in [0.29, 0.717) is 18.9 Å². The Morgan fingerprint density at radius 1 is 1.11 bits per heavy atom. The maximum absolute atomic E-state index is 12.0. The van der Waals surface area contributed by atoms with Gasteiger partial charge in [-0.2, -0.15) is 0 Å². The molecule has 0 bridgehead atoms. The molecular formula is C21H30N4O2S. The molecule has 7 heteroatoms. The third kappa shape index (κ3) is 4.09. The van der Waals surface area contributed by atoms with Crippen molar-refractivity contribution < 1.29 is 8.42 Å². The van der Waals surface area contributed by atoms with E-state index in [1.807, 2.05) is 0 Å². The van der Waals surface area contributed by atoms with Crippen molar-refractivity contribution in [3.8, 4) is 0 Å². The van der Waals surface area contributed by atoms with E-state index in [-0.39, 0.29) is 5.25 Å². The van der Waals surface area contributed by atoms with Crippen molar-refractivity contribution in [2.45, 2.75) is 57.2 Å². The highest BCUT2D eigenvalue weighted by Gasteiger charge is 2.33.